The van der Waals surface area contributed by atoms with Crippen molar-refractivity contribution in [1.82, 2.24) is 5.32 Å². The van der Waals surface area contributed by atoms with E-state index in [1.807, 2.05) is 19.1 Å². The van der Waals surface area contributed by atoms with Gasteiger partial charge in [0.15, 0.2) is 0 Å². The van der Waals surface area contributed by atoms with Crippen molar-refractivity contribution in [2.24, 2.45) is 5.92 Å². The lowest BCUT2D eigenvalue weighted by Crippen LogP contribution is -2.23. The summed E-state index contributed by atoms with van der Waals surface area (Å²) < 4.78 is 11.5. The zero-order valence-corrected chi connectivity index (χ0v) is 12.6. The topological polar surface area (TPSA) is 50.7 Å². The second-order valence-corrected chi connectivity index (χ2v) is 5.06. The summed E-state index contributed by atoms with van der Waals surface area (Å²) >= 11 is 3.51. The van der Waals surface area contributed by atoms with E-state index in [9.17, 15) is 0 Å². The number of rotatable bonds is 7. The van der Waals surface area contributed by atoms with E-state index in [2.05, 4.69) is 21.2 Å². The van der Waals surface area contributed by atoms with Crippen LogP contribution in [-0.2, 0) is 6.54 Å². The normalized spacial score (nSPS) is 12.3. The third kappa shape index (κ3) is 4.15. The van der Waals surface area contributed by atoms with Crippen molar-refractivity contribution in [1.29, 1.82) is 0 Å². The first-order valence-corrected chi connectivity index (χ1v) is 6.63. The van der Waals surface area contributed by atoms with Crippen molar-refractivity contribution in [2.75, 3.05) is 27.4 Å². The molecule has 5 heteroatoms. The molecular weight excluding hydrogens is 298 g/mol. The van der Waals surface area contributed by atoms with Gasteiger partial charge in [0, 0.05) is 35.8 Å². The van der Waals surface area contributed by atoms with Gasteiger partial charge in [0.05, 0.1) is 14.2 Å². The molecule has 1 atom stereocenters. The number of methoxy groups -OCH3 is 2. The first-order valence-electron chi connectivity index (χ1n) is 5.84. The van der Waals surface area contributed by atoms with Crippen molar-refractivity contribution >= 4 is 15.9 Å². The van der Waals surface area contributed by atoms with E-state index in [-0.39, 0.29) is 12.5 Å². The summed E-state index contributed by atoms with van der Waals surface area (Å²) in [5.74, 6) is 1.78. The first-order chi connectivity index (χ1) is 8.62. The summed E-state index contributed by atoms with van der Waals surface area (Å²) in [6, 6.07) is 3.77. The number of nitrogens with one attached hydrogen (secondary N) is 1. The van der Waals surface area contributed by atoms with Crippen molar-refractivity contribution in [3.63, 3.8) is 0 Å². The minimum absolute atomic E-state index is 0.188. The highest BCUT2D eigenvalue weighted by Gasteiger charge is 2.10. The number of benzene rings is 1. The molecule has 0 heterocycles. The molecule has 4 nitrogen and oxygen atoms in total. The molecule has 0 aliphatic carbocycles. The molecule has 0 saturated heterocycles. The van der Waals surface area contributed by atoms with Crippen LogP contribution in [0, 0.1) is 5.92 Å². The second-order valence-electron chi connectivity index (χ2n) is 4.21. The van der Waals surface area contributed by atoms with Crippen LogP contribution in [0.25, 0.3) is 0 Å². The van der Waals surface area contributed by atoms with Crippen molar-refractivity contribution in [3.8, 4) is 11.5 Å². The van der Waals surface area contributed by atoms with Gasteiger partial charge in [-0.3, -0.25) is 0 Å². The van der Waals surface area contributed by atoms with Gasteiger partial charge in [-0.15, -0.1) is 0 Å². The molecule has 102 valence electrons. The monoisotopic (exact) mass is 317 g/mol. The average molecular weight is 318 g/mol. The molecule has 0 aliphatic rings. The standard InChI is InChI=1S/C13H20BrNO3/c1-9(8-16)6-15-7-11-12(14)4-10(17-2)5-13(11)18-3/h4-5,9,15-16H,6-8H2,1-3H3. The number of halogens is 1. The van der Waals surface area contributed by atoms with Crippen molar-refractivity contribution < 1.29 is 14.6 Å². The third-order valence-electron chi connectivity index (χ3n) is 2.69. The molecule has 1 rings (SSSR count). The fourth-order valence-electron chi connectivity index (χ4n) is 1.57. The van der Waals surface area contributed by atoms with Crippen molar-refractivity contribution in [2.45, 2.75) is 13.5 Å². The molecule has 2 N–H and O–H groups in total. The maximum Gasteiger partial charge on any atom is 0.128 e. The van der Waals surface area contributed by atoms with Crippen LogP contribution < -0.4 is 14.8 Å². The Morgan fingerprint density at radius 1 is 1.33 bits per heavy atom. The number of hydrogen-bond acceptors (Lipinski definition) is 4. The Morgan fingerprint density at radius 2 is 2.06 bits per heavy atom. The van der Waals surface area contributed by atoms with Crippen LogP contribution in [0.4, 0.5) is 0 Å². The molecule has 0 aromatic heterocycles. The Hall–Kier alpha value is -0.780. The van der Waals surface area contributed by atoms with E-state index in [0.717, 1.165) is 28.1 Å². The highest BCUT2D eigenvalue weighted by Crippen LogP contribution is 2.32. The smallest absolute Gasteiger partial charge is 0.128 e. The van der Waals surface area contributed by atoms with Crippen LogP contribution in [0.15, 0.2) is 16.6 Å². The quantitative estimate of drug-likeness (QED) is 0.809. The largest absolute Gasteiger partial charge is 0.497 e. The number of ether oxygens (including phenoxy) is 2. The van der Waals surface area contributed by atoms with Crippen molar-refractivity contribution in [3.05, 3.63) is 22.2 Å². The van der Waals surface area contributed by atoms with Gasteiger partial charge in [0.1, 0.15) is 11.5 Å². The average Bonchev–Trinajstić information content (AvgIpc) is 2.39. The van der Waals surface area contributed by atoms with E-state index in [1.165, 1.54) is 0 Å². The molecule has 1 aromatic rings. The zero-order chi connectivity index (χ0) is 13.5. The molecule has 1 unspecified atom stereocenters. The van der Waals surface area contributed by atoms with Gasteiger partial charge in [-0.2, -0.15) is 0 Å². The lowest BCUT2D eigenvalue weighted by Gasteiger charge is -2.15. The molecule has 1 aromatic carbocycles. The highest BCUT2D eigenvalue weighted by atomic mass is 79.9. The third-order valence-corrected chi connectivity index (χ3v) is 3.40. The van der Waals surface area contributed by atoms with Gasteiger partial charge in [-0.1, -0.05) is 22.9 Å². The van der Waals surface area contributed by atoms with Crippen LogP contribution >= 0.6 is 15.9 Å². The molecule has 0 bridgehead atoms. The van der Waals surface area contributed by atoms with Gasteiger partial charge in [0.2, 0.25) is 0 Å². The summed E-state index contributed by atoms with van der Waals surface area (Å²) in [5, 5.41) is 12.3. The molecule has 0 fully saturated rings. The maximum atomic E-state index is 8.97. The van der Waals surface area contributed by atoms with Gasteiger partial charge in [-0.25, -0.2) is 0 Å². The zero-order valence-electron chi connectivity index (χ0n) is 11.0. The maximum absolute atomic E-state index is 8.97. The molecule has 0 spiro atoms. The predicted molar refractivity (Wildman–Crippen MR) is 75.2 cm³/mol. The Morgan fingerprint density at radius 3 is 2.61 bits per heavy atom. The summed E-state index contributed by atoms with van der Waals surface area (Å²) in [6.45, 7) is 3.62. The van der Waals surface area contributed by atoms with E-state index in [4.69, 9.17) is 14.6 Å². The van der Waals surface area contributed by atoms with E-state index < -0.39 is 0 Å². The van der Waals surface area contributed by atoms with Gasteiger partial charge >= 0.3 is 0 Å². The summed E-state index contributed by atoms with van der Waals surface area (Å²) in [5.41, 5.74) is 1.04. The number of hydrogen-bond donors (Lipinski definition) is 2. The summed E-state index contributed by atoms with van der Waals surface area (Å²) in [4.78, 5) is 0. The molecule has 0 aliphatic heterocycles. The number of aliphatic hydroxyl groups is 1. The Kier molecular flexibility index (Phi) is 6.46. The molecule has 0 radical (unpaired) electrons. The lowest BCUT2D eigenvalue weighted by atomic mass is 10.1. The fraction of sp³-hybridized carbons (Fsp3) is 0.538. The minimum atomic E-state index is 0.188. The minimum Gasteiger partial charge on any atom is -0.497 e. The Labute approximate surface area is 116 Å². The predicted octanol–water partition coefficient (Wildman–Crippen LogP) is 2.18. The summed E-state index contributed by atoms with van der Waals surface area (Å²) in [6.07, 6.45) is 0. The van der Waals surface area contributed by atoms with Crippen LogP contribution in [0.5, 0.6) is 11.5 Å². The van der Waals surface area contributed by atoms with E-state index >= 15 is 0 Å². The molecule has 0 amide bonds. The summed E-state index contributed by atoms with van der Waals surface area (Å²) in [7, 11) is 3.27. The van der Waals surface area contributed by atoms with Crippen LogP contribution in [0.1, 0.15) is 12.5 Å². The van der Waals surface area contributed by atoms with E-state index in [0.29, 0.717) is 6.54 Å². The number of aliphatic hydroxyl groups excluding tert-OH is 1. The van der Waals surface area contributed by atoms with Gasteiger partial charge in [0.25, 0.3) is 0 Å². The Bertz CT molecular complexity index is 385. The SMILES string of the molecule is COc1cc(Br)c(CNCC(C)CO)c(OC)c1. The molecule has 0 saturated carbocycles. The van der Waals surface area contributed by atoms with Gasteiger partial charge in [-0.05, 0) is 12.0 Å². The molecular formula is C13H20BrNO3. The lowest BCUT2D eigenvalue weighted by molar-refractivity contribution is 0.233. The molecule has 18 heavy (non-hydrogen) atoms. The van der Waals surface area contributed by atoms with Crippen LogP contribution in [0.3, 0.4) is 0 Å². The van der Waals surface area contributed by atoms with Crippen LogP contribution in [-0.4, -0.2) is 32.5 Å². The van der Waals surface area contributed by atoms with E-state index in [1.54, 1.807) is 14.2 Å². The fourth-order valence-corrected chi connectivity index (χ4v) is 2.13. The first kappa shape index (κ1) is 15.3. The highest BCUT2D eigenvalue weighted by molar-refractivity contribution is 9.10. The van der Waals surface area contributed by atoms with Crippen LogP contribution in [0.2, 0.25) is 0 Å². The van der Waals surface area contributed by atoms with Gasteiger partial charge < -0.3 is 19.9 Å². The second kappa shape index (κ2) is 7.61. The Balaban J connectivity index is 2.75.